The SMILES string of the molecule is Cc1ccc(C#Cc2cc3c(c4ccccc24)-c2cc4c(cc2C3(C)C)-c2ccc(C#Cc3cccc5ccccc35)cc2C4(C)C)cc1. The summed E-state index contributed by atoms with van der Waals surface area (Å²) in [4.78, 5) is 0. The predicted molar refractivity (Wildman–Crippen MR) is 206 cm³/mol. The first-order valence-corrected chi connectivity index (χ1v) is 17.2. The minimum atomic E-state index is -0.166. The Bertz CT molecular complexity index is 2650. The fraction of sp³-hybridized carbons (Fsp3) is 0.143. The normalized spacial score (nSPS) is 14.2. The summed E-state index contributed by atoms with van der Waals surface area (Å²) in [6.45, 7) is 11.6. The molecule has 0 heterocycles. The van der Waals surface area contributed by atoms with Crippen molar-refractivity contribution in [2.75, 3.05) is 0 Å². The van der Waals surface area contributed by atoms with Crippen molar-refractivity contribution in [3.63, 3.8) is 0 Å². The monoisotopic (exact) mass is 624 g/mol. The van der Waals surface area contributed by atoms with E-state index in [4.69, 9.17) is 0 Å². The highest BCUT2D eigenvalue weighted by molar-refractivity contribution is 6.06. The van der Waals surface area contributed by atoms with Gasteiger partial charge in [-0.2, -0.15) is 0 Å². The molecule has 0 fully saturated rings. The topological polar surface area (TPSA) is 0 Å². The molecular weight excluding hydrogens is 589 g/mol. The van der Waals surface area contributed by atoms with Crippen LogP contribution >= 0.6 is 0 Å². The van der Waals surface area contributed by atoms with Gasteiger partial charge in [0, 0.05) is 33.1 Å². The fourth-order valence-electron chi connectivity index (χ4n) is 8.24. The van der Waals surface area contributed by atoms with Gasteiger partial charge in [0.05, 0.1) is 0 Å². The highest BCUT2D eigenvalue weighted by Crippen LogP contribution is 2.57. The molecular formula is C49H36. The summed E-state index contributed by atoms with van der Waals surface area (Å²) >= 11 is 0. The molecule has 0 aromatic heterocycles. The predicted octanol–water partition coefficient (Wildman–Crippen LogP) is 11.7. The van der Waals surface area contributed by atoms with Crippen LogP contribution in [0.3, 0.4) is 0 Å². The largest absolute Gasteiger partial charge is 0.0616 e. The molecule has 49 heavy (non-hydrogen) atoms. The van der Waals surface area contributed by atoms with Gasteiger partial charge in [-0.25, -0.2) is 0 Å². The van der Waals surface area contributed by atoms with Gasteiger partial charge >= 0.3 is 0 Å². The van der Waals surface area contributed by atoms with Crippen LogP contribution in [0.2, 0.25) is 0 Å². The molecule has 232 valence electrons. The van der Waals surface area contributed by atoms with Gasteiger partial charge in [0.2, 0.25) is 0 Å². The fourth-order valence-corrected chi connectivity index (χ4v) is 8.24. The van der Waals surface area contributed by atoms with Gasteiger partial charge in [0.15, 0.2) is 0 Å². The van der Waals surface area contributed by atoms with Gasteiger partial charge in [-0.3, -0.25) is 0 Å². The van der Waals surface area contributed by atoms with Crippen LogP contribution in [0.4, 0.5) is 0 Å². The lowest BCUT2D eigenvalue weighted by atomic mass is 9.79. The Morgan fingerprint density at radius 1 is 0.408 bits per heavy atom. The van der Waals surface area contributed by atoms with Gasteiger partial charge in [0.25, 0.3) is 0 Å². The number of fused-ring (bicyclic) bond motifs is 9. The second-order valence-corrected chi connectivity index (χ2v) is 14.7. The highest BCUT2D eigenvalue weighted by Gasteiger charge is 2.42. The van der Waals surface area contributed by atoms with Crippen LogP contribution in [0.1, 0.15) is 77.8 Å². The van der Waals surface area contributed by atoms with Crippen molar-refractivity contribution in [1.29, 1.82) is 0 Å². The van der Waals surface area contributed by atoms with E-state index in [0.29, 0.717) is 0 Å². The van der Waals surface area contributed by atoms with Crippen molar-refractivity contribution >= 4 is 21.5 Å². The molecule has 0 radical (unpaired) electrons. The standard InChI is InChI=1S/C49H36/c1-31-17-19-32(20-18-31)21-25-36-28-46-47(40-16-9-8-15-38(36)40)42-30-44-41(29-45(42)49(46,4)5)39-26-23-33(27-43(39)48(44,2)3)22-24-35-13-10-12-34-11-6-7-14-37(34)35/h6-20,23,26-30H,1-5H3. The highest BCUT2D eigenvalue weighted by atomic mass is 14.4. The smallest absolute Gasteiger partial charge is 0.0331 e. The Labute approximate surface area is 289 Å². The molecule has 0 unspecified atom stereocenters. The Kier molecular flexibility index (Phi) is 6.34. The van der Waals surface area contributed by atoms with Crippen molar-refractivity contribution in [2.24, 2.45) is 0 Å². The minimum absolute atomic E-state index is 0.154. The molecule has 0 aliphatic heterocycles. The molecule has 0 nitrogen and oxygen atoms in total. The summed E-state index contributed by atoms with van der Waals surface area (Å²) < 4.78 is 0. The molecule has 0 bridgehead atoms. The average molecular weight is 625 g/mol. The summed E-state index contributed by atoms with van der Waals surface area (Å²) in [7, 11) is 0. The van der Waals surface area contributed by atoms with Crippen molar-refractivity contribution in [1.82, 2.24) is 0 Å². The van der Waals surface area contributed by atoms with Gasteiger partial charge in [-0.05, 0) is 122 Å². The Morgan fingerprint density at radius 2 is 1.00 bits per heavy atom. The first kappa shape index (κ1) is 29.3. The third kappa shape index (κ3) is 4.49. The molecule has 7 aromatic rings. The van der Waals surface area contributed by atoms with Crippen molar-refractivity contribution in [2.45, 2.75) is 45.4 Å². The molecule has 2 aliphatic carbocycles. The van der Waals surface area contributed by atoms with Crippen LogP contribution in [0.5, 0.6) is 0 Å². The van der Waals surface area contributed by atoms with Gasteiger partial charge in [-0.15, -0.1) is 0 Å². The van der Waals surface area contributed by atoms with E-state index in [1.807, 2.05) is 0 Å². The van der Waals surface area contributed by atoms with Crippen molar-refractivity contribution in [3.05, 3.63) is 177 Å². The third-order valence-electron chi connectivity index (χ3n) is 11.0. The molecule has 0 atom stereocenters. The number of rotatable bonds is 0. The van der Waals surface area contributed by atoms with Crippen LogP contribution in [-0.4, -0.2) is 0 Å². The van der Waals surface area contributed by atoms with E-state index in [1.165, 1.54) is 71.6 Å². The van der Waals surface area contributed by atoms with Crippen LogP contribution in [0, 0.1) is 30.6 Å². The van der Waals surface area contributed by atoms with Gasteiger partial charge < -0.3 is 0 Å². The Balaban J connectivity index is 1.16. The Hall–Kier alpha value is -5.82. The zero-order valence-electron chi connectivity index (χ0n) is 28.6. The summed E-state index contributed by atoms with van der Waals surface area (Å²) in [6.07, 6.45) is 0. The van der Waals surface area contributed by atoms with Gasteiger partial charge in [0.1, 0.15) is 0 Å². The summed E-state index contributed by atoms with van der Waals surface area (Å²) in [5.74, 6) is 14.0. The number of hydrogen-bond donors (Lipinski definition) is 0. The second-order valence-electron chi connectivity index (χ2n) is 14.7. The van der Waals surface area contributed by atoms with E-state index in [2.05, 4.69) is 186 Å². The second kappa shape index (κ2) is 10.6. The van der Waals surface area contributed by atoms with Crippen LogP contribution in [0.25, 0.3) is 43.8 Å². The van der Waals surface area contributed by atoms with Crippen LogP contribution in [-0.2, 0) is 10.8 Å². The zero-order valence-corrected chi connectivity index (χ0v) is 28.6. The lowest BCUT2D eigenvalue weighted by Crippen LogP contribution is -2.17. The van der Waals surface area contributed by atoms with Crippen LogP contribution in [0.15, 0.2) is 127 Å². The molecule has 7 aromatic carbocycles. The summed E-state index contributed by atoms with van der Waals surface area (Å²) in [6, 6.07) is 46.3. The maximum Gasteiger partial charge on any atom is 0.0331 e. The third-order valence-corrected chi connectivity index (χ3v) is 11.0. The lowest BCUT2D eigenvalue weighted by Gasteiger charge is -2.24. The van der Waals surface area contributed by atoms with E-state index < -0.39 is 0 Å². The van der Waals surface area contributed by atoms with Gasteiger partial charge in [-0.1, -0.05) is 136 Å². The molecule has 9 rings (SSSR count). The number of hydrogen-bond acceptors (Lipinski definition) is 0. The van der Waals surface area contributed by atoms with E-state index >= 15 is 0 Å². The molecule has 0 saturated carbocycles. The first-order chi connectivity index (χ1) is 23.7. The molecule has 0 amide bonds. The quantitative estimate of drug-likeness (QED) is 0.147. The van der Waals surface area contributed by atoms with Crippen molar-refractivity contribution in [3.8, 4) is 45.9 Å². The van der Waals surface area contributed by atoms with E-state index in [9.17, 15) is 0 Å². The zero-order chi connectivity index (χ0) is 33.5. The average Bonchev–Trinajstić information content (AvgIpc) is 3.48. The van der Waals surface area contributed by atoms with Crippen LogP contribution < -0.4 is 0 Å². The molecule has 2 aliphatic rings. The maximum atomic E-state index is 3.56. The van der Waals surface area contributed by atoms with E-state index in [-0.39, 0.29) is 10.8 Å². The molecule has 0 heteroatoms. The lowest BCUT2D eigenvalue weighted by molar-refractivity contribution is 0.652. The number of benzene rings is 7. The molecule has 0 spiro atoms. The molecule has 0 N–H and O–H groups in total. The minimum Gasteiger partial charge on any atom is -0.0616 e. The van der Waals surface area contributed by atoms with E-state index in [0.717, 1.165) is 22.3 Å². The summed E-state index contributed by atoms with van der Waals surface area (Å²) in [5, 5.41) is 4.90. The Morgan fingerprint density at radius 3 is 1.82 bits per heavy atom. The first-order valence-electron chi connectivity index (χ1n) is 17.2. The number of aryl methyl sites for hydroxylation is 1. The van der Waals surface area contributed by atoms with E-state index in [1.54, 1.807) is 0 Å². The molecule has 0 saturated heterocycles. The maximum absolute atomic E-state index is 3.56. The van der Waals surface area contributed by atoms with Crippen molar-refractivity contribution < 1.29 is 0 Å². The summed E-state index contributed by atoms with van der Waals surface area (Å²) in [5.41, 5.74) is 16.0.